The van der Waals surface area contributed by atoms with Crippen molar-refractivity contribution in [2.24, 2.45) is 0 Å². The monoisotopic (exact) mass is 325 g/mol. The molecule has 0 saturated carbocycles. The predicted molar refractivity (Wildman–Crippen MR) is 77.2 cm³/mol. The van der Waals surface area contributed by atoms with Crippen LogP contribution < -0.4 is 10.1 Å². The van der Waals surface area contributed by atoms with Crippen molar-refractivity contribution in [3.05, 3.63) is 66.0 Å². The van der Waals surface area contributed by atoms with Crippen LogP contribution in [-0.2, 0) is 4.79 Å². The Morgan fingerprint density at radius 3 is 2.35 bits per heavy atom. The van der Waals surface area contributed by atoms with Crippen molar-refractivity contribution >= 4 is 17.7 Å². The second kappa shape index (κ2) is 6.95. The van der Waals surface area contributed by atoms with Crippen LogP contribution in [0.15, 0.2) is 54.6 Å². The van der Waals surface area contributed by atoms with Gasteiger partial charge < -0.3 is 10.1 Å². The van der Waals surface area contributed by atoms with E-state index in [0.29, 0.717) is 5.56 Å². The number of benzene rings is 2. The third-order valence-corrected chi connectivity index (χ3v) is 2.67. The lowest BCUT2D eigenvalue weighted by Crippen LogP contribution is -2.19. The standard InChI is InChI=1S/C16H11F4NO2/c17-12-8-5-11(6-9-12)7-10-15(22)21-13-3-1-2-4-14(13)23-16(18,19)20/h1-10H,(H,21,22)/b10-7+. The van der Waals surface area contributed by atoms with Crippen LogP contribution in [0.1, 0.15) is 5.56 Å². The molecule has 23 heavy (non-hydrogen) atoms. The zero-order valence-corrected chi connectivity index (χ0v) is 11.6. The van der Waals surface area contributed by atoms with Gasteiger partial charge in [0, 0.05) is 6.08 Å². The smallest absolute Gasteiger partial charge is 0.404 e. The summed E-state index contributed by atoms with van der Waals surface area (Å²) in [6.07, 6.45) is -2.33. The van der Waals surface area contributed by atoms with Crippen LogP contribution >= 0.6 is 0 Å². The summed E-state index contributed by atoms with van der Waals surface area (Å²) in [4.78, 5) is 11.8. The number of anilines is 1. The summed E-state index contributed by atoms with van der Waals surface area (Å²) >= 11 is 0. The summed E-state index contributed by atoms with van der Waals surface area (Å²) in [5, 5.41) is 2.29. The molecule has 0 atom stereocenters. The van der Waals surface area contributed by atoms with Crippen molar-refractivity contribution in [3.63, 3.8) is 0 Å². The number of para-hydroxylation sites is 2. The van der Waals surface area contributed by atoms with E-state index in [2.05, 4.69) is 10.1 Å². The maximum Gasteiger partial charge on any atom is 0.573 e. The molecule has 0 aliphatic carbocycles. The minimum Gasteiger partial charge on any atom is -0.404 e. The van der Waals surface area contributed by atoms with E-state index in [-0.39, 0.29) is 5.69 Å². The van der Waals surface area contributed by atoms with Gasteiger partial charge in [0.1, 0.15) is 5.82 Å². The predicted octanol–water partition coefficient (Wildman–Crippen LogP) is 4.38. The molecule has 0 heterocycles. The number of rotatable bonds is 4. The summed E-state index contributed by atoms with van der Waals surface area (Å²) in [6.45, 7) is 0. The Balaban J connectivity index is 2.07. The summed E-state index contributed by atoms with van der Waals surface area (Å²) < 4.78 is 53.4. The van der Waals surface area contributed by atoms with Crippen molar-refractivity contribution in [3.8, 4) is 5.75 Å². The van der Waals surface area contributed by atoms with Gasteiger partial charge in [0.25, 0.3) is 0 Å². The molecular weight excluding hydrogens is 314 g/mol. The van der Waals surface area contributed by atoms with Gasteiger partial charge in [-0.1, -0.05) is 24.3 Å². The van der Waals surface area contributed by atoms with E-state index in [1.165, 1.54) is 48.5 Å². The largest absolute Gasteiger partial charge is 0.573 e. The highest BCUT2D eigenvalue weighted by Gasteiger charge is 2.32. The van der Waals surface area contributed by atoms with Crippen LogP contribution in [0.5, 0.6) is 5.75 Å². The van der Waals surface area contributed by atoms with Gasteiger partial charge >= 0.3 is 6.36 Å². The van der Waals surface area contributed by atoms with Gasteiger partial charge in [-0.15, -0.1) is 13.2 Å². The van der Waals surface area contributed by atoms with E-state index in [9.17, 15) is 22.4 Å². The molecule has 1 N–H and O–H groups in total. The molecule has 0 aliphatic rings. The fourth-order valence-corrected chi connectivity index (χ4v) is 1.70. The molecule has 0 saturated heterocycles. The van der Waals surface area contributed by atoms with Crippen LogP contribution in [0.25, 0.3) is 6.08 Å². The number of alkyl halides is 3. The molecule has 1 amide bonds. The van der Waals surface area contributed by atoms with E-state index in [1.54, 1.807) is 0 Å². The van der Waals surface area contributed by atoms with Gasteiger partial charge in [0.05, 0.1) is 5.69 Å². The Labute approximate surface area is 129 Å². The van der Waals surface area contributed by atoms with Crippen molar-refractivity contribution < 1.29 is 27.1 Å². The zero-order chi connectivity index (χ0) is 16.9. The fraction of sp³-hybridized carbons (Fsp3) is 0.0625. The highest BCUT2D eigenvalue weighted by atomic mass is 19.4. The zero-order valence-electron chi connectivity index (χ0n) is 11.6. The first-order valence-electron chi connectivity index (χ1n) is 6.43. The number of hydrogen-bond donors (Lipinski definition) is 1. The Morgan fingerprint density at radius 2 is 1.70 bits per heavy atom. The van der Waals surface area contributed by atoms with Crippen LogP contribution in [0.3, 0.4) is 0 Å². The molecule has 0 spiro atoms. The first-order chi connectivity index (χ1) is 10.8. The number of amides is 1. The number of halogens is 4. The van der Waals surface area contributed by atoms with Gasteiger partial charge in [0.15, 0.2) is 5.75 Å². The van der Waals surface area contributed by atoms with Gasteiger partial charge in [-0.05, 0) is 35.9 Å². The van der Waals surface area contributed by atoms with Crippen molar-refractivity contribution in [1.29, 1.82) is 0 Å². The normalized spacial score (nSPS) is 11.5. The number of hydrogen-bond acceptors (Lipinski definition) is 2. The summed E-state index contributed by atoms with van der Waals surface area (Å²) in [7, 11) is 0. The molecule has 3 nitrogen and oxygen atoms in total. The molecule has 0 unspecified atom stereocenters. The lowest BCUT2D eigenvalue weighted by atomic mass is 10.2. The van der Waals surface area contributed by atoms with Gasteiger partial charge in [0.2, 0.25) is 5.91 Å². The molecule has 0 aromatic heterocycles. The van der Waals surface area contributed by atoms with Crippen molar-refractivity contribution in [1.82, 2.24) is 0 Å². The van der Waals surface area contributed by atoms with E-state index in [1.807, 2.05) is 0 Å². The Kier molecular flexibility index (Phi) is 5.00. The first-order valence-corrected chi connectivity index (χ1v) is 6.43. The first kappa shape index (κ1) is 16.5. The van der Waals surface area contributed by atoms with Crippen molar-refractivity contribution in [2.45, 2.75) is 6.36 Å². The average Bonchev–Trinajstić information content (AvgIpc) is 2.47. The number of carbonyl (C=O) groups is 1. The topological polar surface area (TPSA) is 38.3 Å². The lowest BCUT2D eigenvalue weighted by molar-refractivity contribution is -0.274. The molecule has 2 aromatic rings. The van der Waals surface area contributed by atoms with E-state index >= 15 is 0 Å². The minimum absolute atomic E-state index is 0.112. The number of nitrogens with one attached hydrogen (secondary N) is 1. The Bertz CT molecular complexity index is 709. The third kappa shape index (κ3) is 5.46. The number of ether oxygens (including phenoxy) is 1. The van der Waals surface area contributed by atoms with Crippen LogP contribution in [-0.4, -0.2) is 12.3 Å². The van der Waals surface area contributed by atoms with E-state index in [0.717, 1.165) is 12.1 Å². The second-order valence-electron chi connectivity index (χ2n) is 4.42. The molecule has 0 bridgehead atoms. The SMILES string of the molecule is O=C(/C=C/c1ccc(F)cc1)Nc1ccccc1OC(F)(F)F. The maximum absolute atomic E-state index is 12.7. The molecule has 120 valence electrons. The molecule has 0 radical (unpaired) electrons. The quantitative estimate of drug-likeness (QED) is 0.669. The third-order valence-electron chi connectivity index (χ3n) is 2.67. The molecular formula is C16H11F4NO2. The second-order valence-corrected chi connectivity index (χ2v) is 4.42. The molecule has 0 fully saturated rings. The highest BCUT2D eigenvalue weighted by molar-refractivity contribution is 6.02. The van der Waals surface area contributed by atoms with Crippen LogP contribution in [0.4, 0.5) is 23.2 Å². The minimum atomic E-state index is -4.86. The summed E-state index contributed by atoms with van der Waals surface area (Å²) in [6, 6.07) is 10.6. The van der Waals surface area contributed by atoms with Crippen molar-refractivity contribution in [2.75, 3.05) is 5.32 Å². The Hall–Kier alpha value is -2.83. The molecule has 2 rings (SSSR count). The summed E-state index contributed by atoms with van der Waals surface area (Å²) in [5.41, 5.74) is 0.458. The van der Waals surface area contributed by atoms with Crippen LogP contribution in [0.2, 0.25) is 0 Å². The van der Waals surface area contributed by atoms with Gasteiger partial charge in [-0.2, -0.15) is 0 Å². The molecule has 0 aliphatic heterocycles. The lowest BCUT2D eigenvalue weighted by Gasteiger charge is -2.13. The van der Waals surface area contributed by atoms with Gasteiger partial charge in [-0.3, -0.25) is 4.79 Å². The summed E-state index contributed by atoms with van der Waals surface area (Å²) in [5.74, 6) is -1.57. The fourth-order valence-electron chi connectivity index (χ4n) is 1.70. The molecule has 2 aromatic carbocycles. The maximum atomic E-state index is 12.7. The average molecular weight is 325 g/mol. The van der Waals surface area contributed by atoms with E-state index < -0.39 is 23.8 Å². The van der Waals surface area contributed by atoms with Gasteiger partial charge in [-0.25, -0.2) is 4.39 Å². The highest BCUT2D eigenvalue weighted by Crippen LogP contribution is 2.29. The molecule has 7 heteroatoms. The number of carbonyl (C=O) groups excluding carboxylic acids is 1. The van der Waals surface area contributed by atoms with Crippen LogP contribution in [0, 0.1) is 5.82 Å². The Morgan fingerprint density at radius 1 is 1.04 bits per heavy atom. The van der Waals surface area contributed by atoms with E-state index in [4.69, 9.17) is 0 Å².